The molecule has 0 aliphatic rings. The predicted octanol–water partition coefficient (Wildman–Crippen LogP) is 3.00. The summed E-state index contributed by atoms with van der Waals surface area (Å²) in [6.45, 7) is 1.94. The molecule has 0 aliphatic heterocycles. The number of nitrogens with two attached hydrogens (primary N) is 1. The van der Waals surface area contributed by atoms with Gasteiger partial charge in [-0.3, -0.25) is 0 Å². The monoisotopic (exact) mass is 273 g/mol. The summed E-state index contributed by atoms with van der Waals surface area (Å²) >= 11 is 0. The van der Waals surface area contributed by atoms with Crippen LogP contribution in [0.4, 0.5) is 15.8 Å². The number of halogens is 1. The summed E-state index contributed by atoms with van der Waals surface area (Å²) < 4.78 is 13.3. The highest BCUT2D eigenvalue weighted by Crippen LogP contribution is 2.28. The summed E-state index contributed by atoms with van der Waals surface area (Å²) in [5.41, 5.74) is 8.73. The predicted molar refractivity (Wildman–Crippen MR) is 78.2 cm³/mol. The molecule has 2 aromatic rings. The van der Waals surface area contributed by atoms with Crippen molar-refractivity contribution in [1.82, 2.24) is 0 Å². The van der Waals surface area contributed by atoms with Crippen LogP contribution in [0.15, 0.2) is 47.6 Å². The summed E-state index contributed by atoms with van der Waals surface area (Å²) in [5, 5.41) is 11.9. The molecule has 0 bridgehead atoms. The number of oxime groups is 1. The minimum Gasteiger partial charge on any atom is -0.409 e. The lowest BCUT2D eigenvalue weighted by Gasteiger charge is -2.23. The molecule has 0 aromatic heterocycles. The maximum atomic E-state index is 13.3. The van der Waals surface area contributed by atoms with E-state index in [1.165, 1.54) is 12.1 Å². The van der Waals surface area contributed by atoms with E-state index in [2.05, 4.69) is 5.16 Å². The second kappa shape index (κ2) is 5.61. The highest BCUT2D eigenvalue weighted by Gasteiger charge is 2.13. The fraction of sp³-hybridized carbons (Fsp3) is 0.133. The van der Waals surface area contributed by atoms with Gasteiger partial charge in [-0.25, -0.2) is 4.39 Å². The van der Waals surface area contributed by atoms with E-state index in [1.54, 1.807) is 30.1 Å². The Bertz CT molecular complexity index is 655. The first-order valence-electron chi connectivity index (χ1n) is 6.11. The molecule has 0 radical (unpaired) electrons. The highest BCUT2D eigenvalue weighted by molar-refractivity contribution is 6.03. The van der Waals surface area contributed by atoms with E-state index < -0.39 is 0 Å². The maximum Gasteiger partial charge on any atom is 0.172 e. The normalized spacial score (nSPS) is 11.4. The van der Waals surface area contributed by atoms with Gasteiger partial charge in [-0.15, -0.1) is 0 Å². The fourth-order valence-electron chi connectivity index (χ4n) is 2.01. The van der Waals surface area contributed by atoms with E-state index in [0.29, 0.717) is 11.3 Å². The van der Waals surface area contributed by atoms with E-state index in [-0.39, 0.29) is 11.7 Å². The molecule has 0 saturated heterocycles. The lowest BCUT2D eigenvalue weighted by molar-refractivity contribution is 0.318. The van der Waals surface area contributed by atoms with Crippen molar-refractivity contribution in [3.63, 3.8) is 0 Å². The second-order valence-corrected chi connectivity index (χ2v) is 4.54. The van der Waals surface area contributed by atoms with Gasteiger partial charge in [0.15, 0.2) is 5.84 Å². The Hall–Kier alpha value is -2.56. The minimum atomic E-state index is -0.313. The molecule has 0 heterocycles. The lowest BCUT2D eigenvalue weighted by Crippen LogP contribution is -2.19. The van der Waals surface area contributed by atoms with Crippen molar-refractivity contribution >= 4 is 17.2 Å². The summed E-state index contributed by atoms with van der Waals surface area (Å²) in [5.74, 6) is -0.296. The number of aryl methyl sites for hydroxylation is 1. The molecule has 0 saturated carbocycles. The first-order chi connectivity index (χ1) is 9.52. The Balaban J connectivity index is 2.53. The zero-order valence-electron chi connectivity index (χ0n) is 11.3. The van der Waals surface area contributed by atoms with Crippen LogP contribution in [0.2, 0.25) is 0 Å². The van der Waals surface area contributed by atoms with Crippen LogP contribution in [-0.4, -0.2) is 18.1 Å². The molecular weight excluding hydrogens is 257 g/mol. The quantitative estimate of drug-likeness (QED) is 0.391. The van der Waals surface area contributed by atoms with Gasteiger partial charge in [0.1, 0.15) is 5.82 Å². The van der Waals surface area contributed by atoms with Gasteiger partial charge in [-0.05, 0) is 42.8 Å². The molecule has 20 heavy (non-hydrogen) atoms. The van der Waals surface area contributed by atoms with Gasteiger partial charge in [0.05, 0.1) is 5.69 Å². The van der Waals surface area contributed by atoms with Crippen molar-refractivity contribution in [1.29, 1.82) is 0 Å². The number of amidine groups is 1. The van der Waals surface area contributed by atoms with Crippen molar-refractivity contribution in [2.45, 2.75) is 6.92 Å². The molecule has 0 spiro atoms. The molecular formula is C15H16FN3O. The molecule has 0 fully saturated rings. The fourth-order valence-corrected chi connectivity index (χ4v) is 2.01. The Kier molecular flexibility index (Phi) is 3.89. The van der Waals surface area contributed by atoms with Crippen molar-refractivity contribution in [3.8, 4) is 0 Å². The first kappa shape index (κ1) is 13.9. The summed E-state index contributed by atoms with van der Waals surface area (Å²) in [4.78, 5) is 1.80. The second-order valence-electron chi connectivity index (χ2n) is 4.54. The zero-order valence-corrected chi connectivity index (χ0v) is 11.3. The largest absolute Gasteiger partial charge is 0.409 e. The van der Waals surface area contributed by atoms with Crippen LogP contribution in [0.25, 0.3) is 0 Å². The van der Waals surface area contributed by atoms with Crippen LogP contribution in [0.1, 0.15) is 11.1 Å². The number of hydrogen-bond donors (Lipinski definition) is 2. The summed E-state index contributed by atoms with van der Waals surface area (Å²) in [6, 6.07) is 11.8. The lowest BCUT2D eigenvalue weighted by atomic mass is 10.1. The average molecular weight is 273 g/mol. The molecule has 3 N–H and O–H groups in total. The van der Waals surface area contributed by atoms with Crippen LogP contribution >= 0.6 is 0 Å². The molecule has 5 heteroatoms. The standard InChI is InChI=1S/C15H16FN3O/c1-10-6-7-13(15(17)18-20)14(8-10)19(2)12-5-3-4-11(16)9-12/h3-9,20H,1-2H3,(H2,17,18). The van der Waals surface area contributed by atoms with E-state index in [0.717, 1.165) is 11.3 Å². The van der Waals surface area contributed by atoms with Crippen molar-refractivity contribution in [2.75, 3.05) is 11.9 Å². The maximum absolute atomic E-state index is 13.3. The van der Waals surface area contributed by atoms with Gasteiger partial charge < -0.3 is 15.8 Å². The van der Waals surface area contributed by atoms with Gasteiger partial charge in [-0.2, -0.15) is 0 Å². The molecule has 2 rings (SSSR count). The van der Waals surface area contributed by atoms with Gasteiger partial charge >= 0.3 is 0 Å². The van der Waals surface area contributed by atoms with Gasteiger partial charge in [-0.1, -0.05) is 17.3 Å². The van der Waals surface area contributed by atoms with E-state index in [9.17, 15) is 4.39 Å². The smallest absolute Gasteiger partial charge is 0.172 e. The third-order valence-electron chi connectivity index (χ3n) is 3.09. The van der Waals surface area contributed by atoms with Crippen molar-refractivity contribution in [3.05, 3.63) is 59.4 Å². The highest BCUT2D eigenvalue weighted by atomic mass is 19.1. The van der Waals surface area contributed by atoms with Crippen molar-refractivity contribution < 1.29 is 9.60 Å². The number of rotatable bonds is 3. The molecule has 2 aromatic carbocycles. The molecule has 0 atom stereocenters. The van der Waals surface area contributed by atoms with Crippen LogP contribution in [0, 0.1) is 12.7 Å². The Morgan fingerprint density at radius 1 is 1.25 bits per heavy atom. The van der Waals surface area contributed by atoms with Crippen LogP contribution in [0.5, 0.6) is 0 Å². The Morgan fingerprint density at radius 2 is 2.00 bits per heavy atom. The molecule has 104 valence electrons. The van der Waals surface area contributed by atoms with Crippen LogP contribution in [-0.2, 0) is 0 Å². The average Bonchev–Trinajstić information content (AvgIpc) is 2.45. The number of anilines is 2. The van der Waals surface area contributed by atoms with Gasteiger partial charge in [0.25, 0.3) is 0 Å². The molecule has 0 unspecified atom stereocenters. The Morgan fingerprint density at radius 3 is 2.65 bits per heavy atom. The molecule has 0 amide bonds. The number of hydrogen-bond acceptors (Lipinski definition) is 3. The number of benzene rings is 2. The summed E-state index contributed by atoms with van der Waals surface area (Å²) in [7, 11) is 1.80. The topological polar surface area (TPSA) is 61.9 Å². The van der Waals surface area contributed by atoms with Gasteiger partial charge in [0.2, 0.25) is 0 Å². The third kappa shape index (κ3) is 2.71. The van der Waals surface area contributed by atoms with Crippen molar-refractivity contribution in [2.24, 2.45) is 10.9 Å². The summed E-state index contributed by atoms with van der Waals surface area (Å²) in [6.07, 6.45) is 0. The number of nitrogens with zero attached hydrogens (tertiary/aromatic N) is 2. The minimum absolute atomic E-state index is 0.0169. The van der Waals surface area contributed by atoms with Gasteiger partial charge in [0, 0.05) is 18.3 Å². The molecule has 4 nitrogen and oxygen atoms in total. The van der Waals surface area contributed by atoms with Crippen LogP contribution in [0.3, 0.4) is 0 Å². The van der Waals surface area contributed by atoms with E-state index in [4.69, 9.17) is 10.9 Å². The Labute approximate surface area is 116 Å². The first-order valence-corrected chi connectivity index (χ1v) is 6.11. The zero-order chi connectivity index (χ0) is 14.7. The SMILES string of the molecule is Cc1ccc(C(N)=NO)c(N(C)c2cccc(F)c2)c1. The van der Waals surface area contributed by atoms with E-state index >= 15 is 0 Å². The van der Waals surface area contributed by atoms with Crippen LogP contribution < -0.4 is 10.6 Å². The van der Waals surface area contributed by atoms with E-state index in [1.807, 2.05) is 19.1 Å². The third-order valence-corrected chi connectivity index (χ3v) is 3.09. The molecule has 0 aliphatic carbocycles.